The molecule has 0 spiro atoms. The Morgan fingerprint density at radius 1 is 1.39 bits per heavy atom. The number of carbonyl (C=O) groups excluding carboxylic acids is 1. The van der Waals surface area contributed by atoms with Crippen LogP contribution in [0.5, 0.6) is 0 Å². The van der Waals surface area contributed by atoms with Gasteiger partial charge in [-0.25, -0.2) is 0 Å². The Labute approximate surface area is 108 Å². The van der Waals surface area contributed by atoms with E-state index in [4.69, 9.17) is 0 Å². The van der Waals surface area contributed by atoms with E-state index in [0.717, 1.165) is 24.0 Å². The lowest BCUT2D eigenvalue weighted by Crippen LogP contribution is -2.00. The van der Waals surface area contributed by atoms with Crippen molar-refractivity contribution in [3.8, 4) is 0 Å². The second kappa shape index (κ2) is 7.22. The molecule has 0 radical (unpaired) electrons. The highest BCUT2D eigenvalue weighted by molar-refractivity contribution is 6.01. The first-order valence-corrected chi connectivity index (χ1v) is 5.87. The number of rotatable bonds is 6. The van der Waals surface area contributed by atoms with E-state index in [1.54, 1.807) is 18.3 Å². The summed E-state index contributed by atoms with van der Waals surface area (Å²) < 4.78 is 0. The van der Waals surface area contributed by atoms with Crippen LogP contribution in [0.3, 0.4) is 0 Å². The van der Waals surface area contributed by atoms with E-state index in [2.05, 4.69) is 16.9 Å². The third-order valence-corrected chi connectivity index (χ3v) is 2.44. The van der Waals surface area contributed by atoms with Crippen LogP contribution in [0.1, 0.15) is 29.3 Å². The first-order chi connectivity index (χ1) is 8.71. The minimum absolute atomic E-state index is 0.670. The Bertz CT molecular complexity index is 470. The van der Waals surface area contributed by atoms with Crippen LogP contribution in [0.25, 0.3) is 0 Å². The Morgan fingerprint density at radius 3 is 2.56 bits per heavy atom. The molecular formula is C15H18N2O. The van der Waals surface area contributed by atoms with Gasteiger partial charge in [0.1, 0.15) is 6.29 Å². The summed E-state index contributed by atoms with van der Waals surface area (Å²) >= 11 is 0. The van der Waals surface area contributed by atoms with Gasteiger partial charge in [0.05, 0.1) is 5.70 Å². The number of carbonyl (C=O) groups is 1. The molecule has 0 saturated carbocycles. The fourth-order valence-electron chi connectivity index (χ4n) is 1.49. The maximum atomic E-state index is 10.6. The molecule has 0 fully saturated rings. The number of nitrogens with zero attached hydrogens (tertiary/aromatic N) is 1. The van der Waals surface area contributed by atoms with Gasteiger partial charge in [-0.2, -0.15) is 0 Å². The highest BCUT2D eigenvalue weighted by atomic mass is 16.1. The maximum Gasteiger partial charge on any atom is 0.150 e. The first-order valence-electron chi connectivity index (χ1n) is 5.87. The van der Waals surface area contributed by atoms with E-state index >= 15 is 0 Å². The molecule has 0 heterocycles. The minimum atomic E-state index is 0.670. The van der Waals surface area contributed by atoms with E-state index < -0.39 is 0 Å². The predicted octanol–water partition coefficient (Wildman–Crippen LogP) is 2.95. The van der Waals surface area contributed by atoms with Crippen molar-refractivity contribution in [2.45, 2.75) is 13.3 Å². The molecule has 0 aliphatic heterocycles. The van der Waals surface area contributed by atoms with Crippen molar-refractivity contribution in [2.24, 2.45) is 4.99 Å². The number of hydrogen-bond donors (Lipinski definition) is 1. The zero-order chi connectivity index (χ0) is 13.4. The quantitative estimate of drug-likeness (QED) is 0.473. The second-order valence-electron chi connectivity index (χ2n) is 3.77. The number of aliphatic imine (C=N–C) groups is 1. The molecule has 0 aliphatic rings. The summed E-state index contributed by atoms with van der Waals surface area (Å²) in [6, 6.07) is 7.39. The smallest absolute Gasteiger partial charge is 0.150 e. The van der Waals surface area contributed by atoms with Gasteiger partial charge >= 0.3 is 0 Å². The SMILES string of the molecule is C=C(/C=C\NC)N=C(CC)c1ccc(C=O)cc1. The lowest BCUT2D eigenvalue weighted by molar-refractivity contribution is 0.112. The van der Waals surface area contributed by atoms with Crippen molar-refractivity contribution < 1.29 is 4.79 Å². The van der Waals surface area contributed by atoms with Crippen LogP contribution in [-0.2, 0) is 0 Å². The molecule has 1 aromatic rings. The van der Waals surface area contributed by atoms with Crippen LogP contribution in [0.4, 0.5) is 0 Å². The topological polar surface area (TPSA) is 41.5 Å². The van der Waals surface area contributed by atoms with Gasteiger partial charge in [0.15, 0.2) is 0 Å². The van der Waals surface area contributed by atoms with E-state index in [-0.39, 0.29) is 0 Å². The zero-order valence-corrected chi connectivity index (χ0v) is 10.8. The van der Waals surface area contributed by atoms with E-state index in [0.29, 0.717) is 11.3 Å². The molecule has 3 heteroatoms. The highest BCUT2D eigenvalue weighted by Crippen LogP contribution is 2.09. The molecular weight excluding hydrogens is 224 g/mol. The predicted molar refractivity (Wildman–Crippen MR) is 76.0 cm³/mol. The standard InChI is InChI=1S/C15H18N2O/c1-4-15(17-12(2)9-10-16-3)14-7-5-13(11-18)6-8-14/h5-11,16H,2,4H2,1,3H3/b10-9-,17-15?. The van der Waals surface area contributed by atoms with Crippen LogP contribution in [0.15, 0.2) is 53.8 Å². The third-order valence-electron chi connectivity index (χ3n) is 2.44. The molecule has 0 atom stereocenters. The van der Waals surface area contributed by atoms with Crippen LogP contribution >= 0.6 is 0 Å². The van der Waals surface area contributed by atoms with Gasteiger partial charge in [0.2, 0.25) is 0 Å². The minimum Gasteiger partial charge on any atom is -0.394 e. The summed E-state index contributed by atoms with van der Waals surface area (Å²) in [5.74, 6) is 0. The van der Waals surface area contributed by atoms with Crippen LogP contribution in [0, 0.1) is 0 Å². The van der Waals surface area contributed by atoms with Gasteiger partial charge < -0.3 is 5.32 Å². The summed E-state index contributed by atoms with van der Waals surface area (Å²) in [7, 11) is 1.83. The van der Waals surface area contributed by atoms with Crippen molar-refractivity contribution in [2.75, 3.05) is 7.05 Å². The highest BCUT2D eigenvalue weighted by Gasteiger charge is 2.01. The molecule has 94 valence electrons. The molecule has 0 bridgehead atoms. The van der Waals surface area contributed by atoms with E-state index in [1.165, 1.54) is 0 Å². The molecule has 0 amide bonds. The lowest BCUT2D eigenvalue weighted by atomic mass is 10.1. The summed E-state index contributed by atoms with van der Waals surface area (Å²) in [6.07, 6.45) is 5.25. The molecule has 0 aromatic heterocycles. The fourth-order valence-corrected chi connectivity index (χ4v) is 1.49. The van der Waals surface area contributed by atoms with Crippen molar-refractivity contribution >= 4 is 12.0 Å². The summed E-state index contributed by atoms with van der Waals surface area (Å²) in [4.78, 5) is 15.1. The Kier molecular flexibility index (Phi) is 5.58. The van der Waals surface area contributed by atoms with Crippen molar-refractivity contribution in [1.29, 1.82) is 0 Å². The maximum absolute atomic E-state index is 10.6. The molecule has 3 nitrogen and oxygen atoms in total. The fraction of sp³-hybridized carbons (Fsp3) is 0.200. The molecule has 0 saturated heterocycles. The van der Waals surface area contributed by atoms with Gasteiger partial charge in [-0.15, -0.1) is 0 Å². The number of benzene rings is 1. The van der Waals surface area contributed by atoms with Crippen LogP contribution in [-0.4, -0.2) is 19.0 Å². The number of hydrogen-bond acceptors (Lipinski definition) is 3. The normalized spacial score (nSPS) is 11.6. The van der Waals surface area contributed by atoms with Gasteiger partial charge in [-0.05, 0) is 24.3 Å². The molecule has 1 rings (SSSR count). The average Bonchev–Trinajstić information content (AvgIpc) is 2.42. The molecule has 1 N–H and O–H groups in total. The van der Waals surface area contributed by atoms with Crippen molar-refractivity contribution in [3.63, 3.8) is 0 Å². The van der Waals surface area contributed by atoms with Crippen molar-refractivity contribution in [1.82, 2.24) is 5.32 Å². The number of aldehydes is 1. The molecule has 18 heavy (non-hydrogen) atoms. The summed E-state index contributed by atoms with van der Waals surface area (Å²) in [5, 5.41) is 2.90. The van der Waals surface area contributed by atoms with Gasteiger partial charge in [-0.3, -0.25) is 9.79 Å². The van der Waals surface area contributed by atoms with Gasteiger partial charge in [-0.1, -0.05) is 37.8 Å². The monoisotopic (exact) mass is 242 g/mol. The Hall–Kier alpha value is -2.16. The average molecular weight is 242 g/mol. The largest absolute Gasteiger partial charge is 0.394 e. The number of nitrogens with one attached hydrogen (secondary N) is 1. The second-order valence-corrected chi connectivity index (χ2v) is 3.77. The Balaban J connectivity index is 2.94. The van der Waals surface area contributed by atoms with E-state index in [9.17, 15) is 4.79 Å². The Morgan fingerprint density at radius 2 is 2.06 bits per heavy atom. The number of allylic oxidation sites excluding steroid dienone is 1. The van der Waals surface area contributed by atoms with Crippen LogP contribution < -0.4 is 5.32 Å². The third kappa shape index (κ3) is 4.01. The molecule has 1 aromatic carbocycles. The first kappa shape index (κ1) is 13.9. The van der Waals surface area contributed by atoms with E-state index in [1.807, 2.05) is 32.2 Å². The van der Waals surface area contributed by atoms with Crippen LogP contribution in [0.2, 0.25) is 0 Å². The molecule has 0 unspecified atom stereocenters. The van der Waals surface area contributed by atoms with Gasteiger partial charge in [0.25, 0.3) is 0 Å². The van der Waals surface area contributed by atoms with Crippen molar-refractivity contribution in [3.05, 3.63) is 59.9 Å². The van der Waals surface area contributed by atoms with Gasteiger partial charge in [0, 0.05) is 18.3 Å². The summed E-state index contributed by atoms with van der Waals surface area (Å²) in [6.45, 7) is 5.91. The lowest BCUT2D eigenvalue weighted by Gasteiger charge is -2.04. The molecule has 0 aliphatic carbocycles. The zero-order valence-electron chi connectivity index (χ0n) is 10.8. The summed E-state index contributed by atoms with van der Waals surface area (Å²) in [5.41, 5.74) is 3.34.